The van der Waals surface area contributed by atoms with Crippen molar-refractivity contribution in [1.82, 2.24) is 0 Å². The molecule has 0 bridgehead atoms. The van der Waals surface area contributed by atoms with Crippen molar-refractivity contribution >= 4 is 0 Å². The molecule has 2 rings (SSSR count). The van der Waals surface area contributed by atoms with Crippen LogP contribution in [0.2, 0.25) is 0 Å². The summed E-state index contributed by atoms with van der Waals surface area (Å²) in [6.45, 7) is 1.95. The first-order valence-electron chi connectivity index (χ1n) is 6.24. The van der Waals surface area contributed by atoms with Crippen LogP contribution in [0, 0.1) is 18.3 Å². The van der Waals surface area contributed by atoms with Gasteiger partial charge in [-0.05, 0) is 43.3 Å². The molecular formula is C16H13F2NO2. The van der Waals surface area contributed by atoms with Gasteiger partial charge in [0.15, 0.2) is 0 Å². The number of rotatable bonds is 4. The van der Waals surface area contributed by atoms with Gasteiger partial charge in [-0.1, -0.05) is 17.7 Å². The Labute approximate surface area is 121 Å². The lowest BCUT2D eigenvalue weighted by Crippen LogP contribution is -2.29. The zero-order chi connectivity index (χ0) is 15.5. The molecule has 0 fully saturated rings. The summed E-state index contributed by atoms with van der Waals surface area (Å²) in [5.41, 5.74) is 0.649. The summed E-state index contributed by atoms with van der Waals surface area (Å²) in [4.78, 5) is 0. The molecule has 1 N–H and O–H groups in total. The van der Waals surface area contributed by atoms with Crippen LogP contribution in [0.4, 0.5) is 8.78 Å². The number of nitriles is 1. The highest BCUT2D eigenvalue weighted by molar-refractivity contribution is 5.36. The van der Waals surface area contributed by atoms with Gasteiger partial charge in [-0.25, -0.2) is 0 Å². The summed E-state index contributed by atoms with van der Waals surface area (Å²) < 4.78 is 32.8. The van der Waals surface area contributed by atoms with Gasteiger partial charge >= 0.3 is 5.92 Å². The second-order valence-corrected chi connectivity index (χ2v) is 4.59. The Morgan fingerprint density at radius 1 is 1.05 bits per heavy atom. The topological polar surface area (TPSA) is 53.2 Å². The van der Waals surface area contributed by atoms with E-state index in [1.165, 1.54) is 12.1 Å². The first-order chi connectivity index (χ1) is 9.93. The van der Waals surface area contributed by atoms with Crippen molar-refractivity contribution in [2.24, 2.45) is 0 Å². The van der Waals surface area contributed by atoms with Crippen LogP contribution in [0.25, 0.3) is 0 Å². The quantitative estimate of drug-likeness (QED) is 0.872. The number of hydrogen-bond acceptors (Lipinski definition) is 3. The molecule has 0 spiro atoms. The van der Waals surface area contributed by atoms with Gasteiger partial charge < -0.3 is 9.84 Å². The predicted octanol–water partition coefficient (Wildman–Crippen LogP) is 3.76. The van der Waals surface area contributed by atoms with E-state index < -0.39 is 17.6 Å². The zero-order valence-corrected chi connectivity index (χ0v) is 11.3. The molecule has 1 atom stereocenters. The van der Waals surface area contributed by atoms with Crippen LogP contribution >= 0.6 is 0 Å². The van der Waals surface area contributed by atoms with Crippen molar-refractivity contribution in [2.75, 3.05) is 0 Å². The van der Waals surface area contributed by atoms with Crippen molar-refractivity contribution < 1.29 is 18.6 Å². The predicted molar refractivity (Wildman–Crippen MR) is 73.2 cm³/mol. The summed E-state index contributed by atoms with van der Waals surface area (Å²) in [6, 6.07) is 13.4. The van der Waals surface area contributed by atoms with Crippen molar-refractivity contribution in [3.05, 3.63) is 59.7 Å². The highest BCUT2D eigenvalue weighted by Crippen LogP contribution is 2.33. The summed E-state index contributed by atoms with van der Waals surface area (Å²) in [7, 11) is 0. The molecule has 1 unspecified atom stereocenters. The van der Waals surface area contributed by atoms with Gasteiger partial charge in [-0.3, -0.25) is 0 Å². The lowest BCUT2D eigenvalue weighted by molar-refractivity contribution is -0.0892. The van der Waals surface area contributed by atoms with E-state index in [0.717, 1.165) is 23.8 Å². The Morgan fingerprint density at radius 2 is 1.52 bits per heavy atom. The molecule has 108 valence electrons. The van der Waals surface area contributed by atoms with Crippen LogP contribution in [-0.2, 0) is 5.92 Å². The minimum atomic E-state index is -3.61. The van der Waals surface area contributed by atoms with E-state index in [0.29, 0.717) is 11.5 Å². The number of alkyl halides is 2. The van der Waals surface area contributed by atoms with Crippen molar-refractivity contribution in [3.63, 3.8) is 0 Å². The fraction of sp³-hybridized carbons (Fsp3) is 0.188. The molecule has 0 saturated heterocycles. The average Bonchev–Trinajstić information content (AvgIpc) is 2.49. The highest BCUT2D eigenvalue weighted by Gasteiger charge is 2.40. The Balaban J connectivity index is 2.16. The number of ether oxygens (including phenoxy) is 1. The van der Waals surface area contributed by atoms with Gasteiger partial charge in [-0.2, -0.15) is 14.0 Å². The van der Waals surface area contributed by atoms with E-state index in [1.807, 2.05) is 19.1 Å². The molecule has 0 aliphatic rings. The molecule has 0 aromatic heterocycles. The number of halogens is 2. The molecule has 0 aliphatic carbocycles. The smallest absolute Gasteiger partial charge is 0.311 e. The van der Waals surface area contributed by atoms with Crippen LogP contribution < -0.4 is 4.74 Å². The summed E-state index contributed by atoms with van der Waals surface area (Å²) in [5.74, 6) is -2.63. The number of aliphatic hydroxyl groups excluding tert-OH is 1. The SMILES string of the molecule is Cc1ccc(Oc2ccc(C(F)(F)C(O)C#N)cc2)cc1. The van der Waals surface area contributed by atoms with Crippen LogP contribution in [-0.4, -0.2) is 11.2 Å². The molecule has 3 nitrogen and oxygen atoms in total. The third kappa shape index (κ3) is 3.36. The fourth-order valence-electron chi connectivity index (χ4n) is 1.73. The van der Waals surface area contributed by atoms with Crippen LogP contribution in [0.15, 0.2) is 48.5 Å². The van der Waals surface area contributed by atoms with Crippen molar-refractivity contribution in [1.29, 1.82) is 5.26 Å². The first kappa shape index (κ1) is 14.9. The molecule has 0 heterocycles. The first-order valence-corrected chi connectivity index (χ1v) is 6.24. The van der Waals surface area contributed by atoms with Gasteiger partial charge in [0.05, 0.1) is 0 Å². The van der Waals surface area contributed by atoms with Crippen LogP contribution in [0.3, 0.4) is 0 Å². The van der Waals surface area contributed by atoms with Gasteiger partial charge in [-0.15, -0.1) is 0 Å². The van der Waals surface area contributed by atoms with Gasteiger partial charge in [0.25, 0.3) is 0 Å². The van der Waals surface area contributed by atoms with E-state index in [1.54, 1.807) is 12.1 Å². The Bertz CT molecular complexity index is 645. The molecular weight excluding hydrogens is 276 g/mol. The largest absolute Gasteiger partial charge is 0.457 e. The van der Waals surface area contributed by atoms with E-state index in [-0.39, 0.29) is 0 Å². The lowest BCUT2D eigenvalue weighted by Gasteiger charge is -2.18. The van der Waals surface area contributed by atoms with E-state index in [9.17, 15) is 8.78 Å². The van der Waals surface area contributed by atoms with E-state index in [2.05, 4.69) is 0 Å². The highest BCUT2D eigenvalue weighted by atomic mass is 19.3. The number of aliphatic hydroxyl groups is 1. The Morgan fingerprint density at radius 3 is 2.00 bits per heavy atom. The van der Waals surface area contributed by atoms with Crippen LogP contribution in [0.5, 0.6) is 11.5 Å². The molecule has 0 radical (unpaired) electrons. The maximum atomic E-state index is 13.6. The third-order valence-electron chi connectivity index (χ3n) is 2.96. The maximum absolute atomic E-state index is 13.6. The average molecular weight is 289 g/mol. The van der Waals surface area contributed by atoms with Crippen LogP contribution in [0.1, 0.15) is 11.1 Å². The molecule has 0 amide bonds. The van der Waals surface area contributed by atoms with Crippen molar-refractivity contribution in [3.8, 4) is 17.6 Å². The zero-order valence-electron chi connectivity index (χ0n) is 11.3. The fourth-order valence-corrected chi connectivity index (χ4v) is 1.73. The second-order valence-electron chi connectivity index (χ2n) is 4.59. The monoisotopic (exact) mass is 289 g/mol. The van der Waals surface area contributed by atoms with Gasteiger partial charge in [0.2, 0.25) is 6.10 Å². The molecule has 2 aromatic carbocycles. The molecule has 5 heteroatoms. The third-order valence-corrected chi connectivity index (χ3v) is 2.96. The van der Waals surface area contributed by atoms with E-state index in [4.69, 9.17) is 15.1 Å². The Hall–Kier alpha value is -2.45. The number of nitrogens with zero attached hydrogens (tertiary/aromatic N) is 1. The minimum Gasteiger partial charge on any atom is -0.457 e. The molecule has 0 saturated carbocycles. The summed E-state index contributed by atoms with van der Waals surface area (Å²) in [6.07, 6.45) is -2.37. The number of benzene rings is 2. The normalized spacial score (nSPS) is 12.5. The summed E-state index contributed by atoms with van der Waals surface area (Å²) >= 11 is 0. The number of aryl methyl sites for hydroxylation is 1. The Kier molecular flexibility index (Phi) is 4.20. The lowest BCUT2D eigenvalue weighted by atomic mass is 10.0. The van der Waals surface area contributed by atoms with E-state index >= 15 is 0 Å². The summed E-state index contributed by atoms with van der Waals surface area (Å²) in [5, 5.41) is 17.4. The molecule has 21 heavy (non-hydrogen) atoms. The van der Waals surface area contributed by atoms with Gasteiger partial charge in [0.1, 0.15) is 17.6 Å². The minimum absolute atomic E-state index is 0.393. The van der Waals surface area contributed by atoms with Crippen molar-refractivity contribution in [2.45, 2.75) is 19.0 Å². The number of hydrogen-bond donors (Lipinski definition) is 1. The second kappa shape index (κ2) is 5.90. The molecule has 0 aliphatic heterocycles. The standard InChI is InChI=1S/C16H13F2NO2/c1-11-2-6-13(7-3-11)21-14-8-4-12(5-9-14)16(17,18)15(20)10-19/h2-9,15,20H,1H3. The van der Waals surface area contributed by atoms with Gasteiger partial charge in [0, 0.05) is 5.56 Å². The maximum Gasteiger partial charge on any atom is 0.311 e. The molecule has 2 aromatic rings.